The molecule has 0 unspecified atom stereocenters. The molecule has 0 aromatic heterocycles. The maximum absolute atomic E-state index is 13.4. The molecule has 1 aromatic carbocycles. The quantitative estimate of drug-likeness (QED) is 0.589. The second-order valence-corrected chi connectivity index (χ2v) is 5.88. The van der Waals surface area contributed by atoms with Crippen molar-refractivity contribution >= 4 is 11.5 Å². The summed E-state index contributed by atoms with van der Waals surface area (Å²) >= 11 is 0. The average Bonchev–Trinajstić information content (AvgIpc) is 2.58. The number of carbonyl (C=O) groups excluding carboxylic acids is 1. The first-order valence-electron chi connectivity index (χ1n) is 8.02. The predicted octanol–water partition coefficient (Wildman–Crippen LogP) is 4.43. The zero-order valence-corrected chi connectivity index (χ0v) is 13.4. The highest BCUT2D eigenvalue weighted by Gasteiger charge is 2.36. The maximum atomic E-state index is 13.4. The van der Waals surface area contributed by atoms with Gasteiger partial charge < -0.3 is 4.90 Å². The van der Waals surface area contributed by atoms with E-state index < -0.39 is 17.7 Å². The van der Waals surface area contributed by atoms with Crippen molar-refractivity contribution in [2.24, 2.45) is 0 Å². The van der Waals surface area contributed by atoms with Gasteiger partial charge in [-0.25, -0.2) is 0 Å². The lowest BCUT2D eigenvalue weighted by atomic mass is 9.94. The van der Waals surface area contributed by atoms with Gasteiger partial charge in [-0.3, -0.25) is 4.79 Å². The highest BCUT2D eigenvalue weighted by molar-refractivity contribution is 5.96. The predicted molar refractivity (Wildman–Crippen MR) is 87.9 cm³/mol. The van der Waals surface area contributed by atoms with Gasteiger partial charge in [0.15, 0.2) is 0 Å². The molecule has 2 nitrogen and oxygen atoms in total. The summed E-state index contributed by atoms with van der Waals surface area (Å²) in [6.07, 6.45) is 5.98. The van der Waals surface area contributed by atoms with Crippen molar-refractivity contribution in [2.75, 3.05) is 6.54 Å². The van der Waals surface area contributed by atoms with E-state index in [-0.39, 0.29) is 18.2 Å². The molecule has 1 fully saturated rings. The first-order chi connectivity index (χ1) is 11.4. The van der Waals surface area contributed by atoms with E-state index in [1.807, 2.05) is 0 Å². The Kier molecular flexibility index (Phi) is 6.08. The number of hydrogen-bond acceptors (Lipinski definition) is 1. The Labute approximate surface area is 140 Å². The lowest BCUT2D eigenvalue weighted by Gasteiger charge is -2.32. The van der Waals surface area contributed by atoms with E-state index in [1.54, 1.807) is 6.07 Å². The second kappa shape index (κ2) is 8.05. The van der Waals surface area contributed by atoms with Crippen LogP contribution in [0.5, 0.6) is 0 Å². The zero-order chi connectivity index (χ0) is 17.6. The lowest BCUT2D eigenvalue weighted by molar-refractivity contribution is -0.128. The minimum Gasteiger partial charge on any atom is -0.325 e. The largest absolute Gasteiger partial charge is 0.417 e. The van der Waals surface area contributed by atoms with Gasteiger partial charge in [-0.2, -0.15) is 13.2 Å². The van der Waals surface area contributed by atoms with Crippen molar-refractivity contribution in [3.05, 3.63) is 42.0 Å². The minimum atomic E-state index is -4.61. The van der Waals surface area contributed by atoms with Gasteiger partial charge in [-0.1, -0.05) is 55.5 Å². The van der Waals surface area contributed by atoms with E-state index in [4.69, 9.17) is 6.42 Å². The topological polar surface area (TPSA) is 20.3 Å². The van der Waals surface area contributed by atoms with Crippen LogP contribution in [0, 0.1) is 12.3 Å². The Morgan fingerprint density at radius 3 is 2.38 bits per heavy atom. The molecule has 5 heteroatoms. The SMILES string of the molecule is C#CCN(C(=O)/C=C(\c1ccccc1)C(F)(F)F)C1CCCCC1. The van der Waals surface area contributed by atoms with Crippen molar-refractivity contribution in [3.63, 3.8) is 0 Å². The molecule has 1 amide bonds. The molecule has 0 bridgehead atoms. The van der Waals surface area contributed by atoms with Crippen LogP contribution in [0.2, 0.25) is 0 Å². The molecule has 0 atom stereocenters. The number of rotatable bonds is 4. The molecule has 2 rings (SSSR count). The Bertz CT molecular complexity index is 622. The van der Waals surface area contributed by atoms with Crippen molar-refractivity contribution < 1.29 is 18.0 Å². The fourth-order valence-electron chi connectivity index (χ4n) is 3.03. The molecular formula is C19H20F3NO. The second-order valence-electron chi connectivity index (χ2n) is 5.88. The van der Waals surface area contributed by atoms with Gasteiger partial charge in [0.25, 0.3) is 0 Å². The molecule has 0 spiro atoms. The lowest BCUT2D eigenvalue weighted by Crippen LogP contribution is -2.41. The number of carbonyl (C=O) groups is 1. The molecule has 0 saturated heterocycles. The molecule has 128 valence electrons. The van der Waals surface area contributed by atoms with Crippen LogP contribution < -0.4 is 0 Å². The first kappa shape index (κ1) is 18.1. The highest BCUT2D eigenvalue weighted by atomic mass is 19.4. The van der Waals surface area contributed by atoms with Crippen molar-refractivity contribution in [2.45, 2.75) is 44.3 Å². The van der Waals surface area contributed by atoms with Crippen molar-refractivity contribution in [1.82, 2.24) is 4.90 Å². The minimum absolute atomic E-state index is 0.0253. The van der Waals surface area contributed by atoms with Gasteiger partial charge in [0.1, 0.15) is 0 Å². The summed E-state index contributed by atoms with van der Waals surface area (Å²) in [7, 11) is 0. The third-order valence-corrected chi connectivity index (χ3v) is 4.22. The summed E-state index contributed by atoms with van der Waals surface area (Å²) < 4.78 is 40.1. The van der Waals surface area contributed by atoms with Crippen LogP contribution in [0.15, 0.2) is 36.4 Å². The summed E-state index contributed by atoms with van der Waals surface area (Å²) in [4.78, 5) is 13.9. The Hall–Kier alpha value is -2.22. The normalized spacial score (nSPS) is 16.5. The van der Waals surface area contributed by atoms with Gasteiger partial charge in [0.05, 0.1) is 12.1 Å². The number of terminal acetylenes is 1. The number of hydrogen-bond donors (Lipinski definition) is 0. The Balaban J connectivity index is 2.32. The molecular weight excluding hydrogens is 315 g/mol. The van der Waals surface area contributed by atoms with Crippen LogP contribution in [-0.2, 0) is 4.79 Å². The maximum Gasteiger partial charge on any atom is 0.417 e. The number of halogens is 3. The standard InChI is InChI=1S/C19H20F3NO/c1-2-13-23(16-11-7-4-8-12-16)18(24)14-17(19(20,21)22)15-9-5-3-6-10-15/h1,3,5-6,9-10,14,16H,4,7-8,11-13H2/b17-14+. The fourth-order valence-corrected chi connectivity index (χ4v) is 3.03. The van der Waals surface area contributed by atoms with E-state index in [1.165, 1.54) is 29.2 Å². The van der Waals surface area contributed by atoms with Crippen LogP contribution >= 0.6 is 0 Å². The molecule has 1 saturated carbocycles. The third kappa shape index (κ3) is 4.64. The van der Waals surface area contributed by atoms with Crippen LogP contribution in [0.4, 0.5) is 13.2 Å². The monoisotopic (exact) mass is 335 g/mol. The Morgan fingerprint density at radius 1 is 1.21 bits per heavy atom. The third-order valence-electron chi connectivity index (χ3n) is 4.22. The summed E-state index contributed by atoms with van der Waals surface area (Å²) in [6.45, 7) is 0.0277. The summed E-state index contributed by atoms with van der Waals surface area (Å²) in [6, 6.07) is 7.27. The molecule has 1 aliphatic rings. The molecule has 24 heavy (non-hydrogen) atoms. The van der Waals surface area contributed by atoms with Gasteiger partial charge >= 0.3 is 6.18 Å². The zero-order valence-electron chi connectivity index (χ0n) is 13.4. The number of benzene rings is 1. The van der Waals surface area contributed by atoms with Gasteiger partial charge in [-0.05, 0) is 18.4 Å². The number of alkyl halides is 3. The van der Waals surface area contributed by atoms with E-state index in [0.29, 0.717) is 6.08 Å². The van der Waals surface area contributed by atoms with Crippen molar-refractivity contribution in [1.29, 1.82) is 0 Å². The fraction of sp³-hybridized carbons (Fsp3) is 0.421. The highest BCUT2D eigenvalue weighted by Crippen LogP contribution is 2.34. The van der Waals surface area contributed by atoms with Gasteiger partial charge in [0.2, 0.25) is 5.91 Å². The van der Waals surface area contributed by atoms with Gasteiger partial charge in [0, 0.05) is 12.1 Å². The van der Waals surface area contributed by atoms with Crippen LogP contribution in [0.25, 0.3) is 5.57 Å². The van der Waals surface area contributed by atoms with Crippen LogP contribution in [0.1, 0.15) is 37.7 Å². The van der Waals surface area contributed by atoms with Crippen molar-refractivity contribution in [3.8, 4) is 12.3 Å². The smallest absolute Gasteiger partial charge is 0.325 e. The number of amides is 1. The van der Waals surface area contributed by atoms with E-state index in [2.05, 4.69) is 5.92 Å². The van der Waals surface area contributed by atoms with Crippen LogP contribution in [-0.4, -0.2) is 29.6 Å². The van der Waals surface area contributed by atoms with Crippen LogP contribution in [0.3, 0.4) is 0 Å². The molecule has 0 aliphatic heterocycles. The summed E-state index contributed by atoms with van der Waals surface area (Å²) in [5, 5.41) is 0. The molecule has 0 radical (unpaired) electrons. The summed E-state index contributed by atoms with van der Waals surface area (Å²) in [5.41, 5.74) is -0.964. The molecule has 0 N–H and O–H groups in total. The first-order valence-corrected chi connectivity index (χ1v) is 8.02. The molecule has 1 aliphatic carbocycles. The number of allylic oxidation sites excluding steroid dienone is 1. The number of nitrogens with zero attached hydrogens (tertiary/aromatic N) is 1. The van der Waals surface area contributed by atoms with E-state index in [0.717, 1.165) is 32.1 Å². The average molecular weight is 335 g/mol. The van der Waals surface area contributed by atoms with E-state index in [9.17, 15) is 18.0 Å². The molecule has 1 aromatic rings. The van der Waals surface area contributed by atoms with Gasteiger partial charge in [-0.15, -0.1) is 6.42 Å². The summed E-state index contributed by atoms with van der Waals surface area (Å²) in [5.74, 6) is 1.72. The molecule has 0 heterocycles. The Morgan fingerprint density at radius 2 is 1.83 bits per heavy atom. The van der Waals surface area contributed by atoms with E-state index >= 15 is 0 Å².